The van der Waals surface area contributed by atoms with Crippen molar-refractivity contribution in [1.82, 2.24) is 0 Å². The van der Waals surface area contributed by atoms with E-state index >= 15 is 0 Å². The Labute approximate surface area is 114 Å². The molecule has 2 N–H and O–H groups in total. The lowest BCUT2D eigenvalue weighted by Crippen LogP contribution is -2.12. The molecule has 0 spiro atoms. The molecule has 0 amide bonds. The van der Waals surface area contributed by atoms with Gasteiger partial charge >= 0.3 is 5.97 Å². The zero-order valence-electron chi connectivity index (χ0n) is 7.70. The summed E-state index contributed by atoms with van der Waals surface area (Å²) in [5.41, 5.74) is 0.273. The highest BCUT2D eigenvalue weighted by Crippen LogP contribution is 2.30. The Morgan fingerprint density at radius 3 is 2.40 bits per heavy atom. The fraction of sp³-hybridized carbons (Fsp3) is 0.222. The van der Waals surface area contributed by atoms with Crippen molar-refractivity contribution in [2.75, 3.05) is 7.11 Å². The van der Waals surface area contributed by atoms with Crippen molar-refractivity contribution in [2.45, 2.75) is 6.10 Å². The van der Waals surface area contributed by atoms with E-state index in [9.17, 15) is 9.90 Å². The van der Waals surface area contributed by atoms with Crippen molar-refractivity contribution < 1.29 is 19.7 Å². The smallest absolute Gasteiger partial charge is 0.337 e. The maximum Gasteiger partial charge on any atom is 0.337 e. The van der Waals surface area contributed by atoms with Crippen molar-refractivity contribution >= 4 is 51.2 Å². The van der Waals surface area contributed by atoms with Crippen LogP contribution in [0.1, 0.15) is 11.7 Å². The molecule has 15 heavy (non-hydrogen) atoms. The van der Waals surface area contributed by atoms with E-state index in [1.54, 1.807) is 12.1 Å². The molecule has 1 unspecified atom stereocenters. The molecule has 0 aliphatic heterocycles. The van der Waals surface area contributed by atoms with Gasteiger partial charge in [-0.25, -0.2) is 4.79 Å². The van der Waals surface area contributed by atoms with Gasteiger partial charge in [0.2, 0.25) is 0 Å². The molecule has 1 rings (SSSR count). The van der Waals surface area contributed by atoms with E-state index < -0.39 is 12.1 Å². The molecular weight excluding hydrogens is 426 g/mol. The highest BCUT2D eigenvalue weighted by Gasteiger charge is 2.21. The first kappa shape index (κ1) is 13.0. The highest BCUT2D eigenvalue weighted by molar-refractivity contribution is 14.1. The van der Waals surface area contributed by atoms with E-state index in [0.29, 0.717) is 5.75 Å². The number of carbonyl (C=O) groups is 1. The SMILES string of the molecule is COc1cc(I)c(I)cc1C(O)C(=O)O. The van der Waals surface area contributed by atoms with Crippen molar-refractivity contribution in [3.8, 4) is 5.75 Å². The normalized spacial score (nSPS) is 12.3. The van der Waals surface area contributed by atoms with Crippen LogP contribution in [-0.4, -0.2) is 23.3 Å². The minimum atomic E-state index is -1.55. The number of aliphatic hydroxyl groups excluding tert-OH is 1. The number of rotatable bonds is 3. The van der Waals surface area contributed by atoms with Crippen LogP contribution in [0.25, 0.3) is 0 Å². The van der Waals surface area contributed by atoms with Crippen LogP contribution in [0.15, 0.2) is 12.1 Å². The van der Waals surface area contributed by atoms with E-state index in [2.05, 4.69) is 45.2 Å². The number of hydrogen-bond donors (Lipinski definition) is 2. The molecule has 0 saturated heterocycles. The van der Waals surface area contributed by atoms with E-state index in [4.69, 9.17) is 9.84 Å². The summed E-state index contributed by atoms with van der Waals surface area (Å²) >= 11 is 4.19. The second-order valence-corrected chi connectivity index (χ2v) is 5.07. The summed E-state index contributed by atoms with van der Waals surface area (Å²) in [5, 5.41) is 18.1. The van der Waals surface area contributed by atoms with Crippen LogP contribution in [0.2, 0.25) is 0 Å². The average Bonchev–Trinajstić information content (AvgIpc) is 2.20. The molecule has 82 valence electrons. The van der Waals surface area contributed by atoms with Crippen LogP contribution >= 0.6 is 45.2 Å². The van der Waals surface area contributed by atoms with Crippen molar-refractivity contribution in [2.24, 2.45) is 0 Å². The average molecular weight is 434 g/mol. The van der Waals surface area contributed by atoms with E-state index in [-0.39, 0.29) is 5.56 Å². The number of methoxy groups -OCH3 is 1. The lowest BCUT2D eigenvalue weighted by molar-refractivity contribution is -0.147. The van der Waals surface area contributed by atoms with Crippen molar-refractivity contribution in [1.29, 1.82) is 0 Å². The van der Waals surface area contributed by atoms with Gasteiger partial charge in [0.1, 0.15) is 5.75 Å². The zero-order valence-corrected chi connectivity index (χ0v) is 12.0. The number of hydrogen-bond acceptors (Lipinski definition) is 3. The van der Waals surface area contributed by atoms with Crippen LogP contribution in [0.4, 0.5) is 0 Å². The minimum Gasteiger partial charge on any atom is -0.496 e. The van der Waals surface area contributed by atoms with Gasteiger partial charge in [-0.15, -0.1) is 0 Å². The predicted octanol–water partition coefficient (Wildman–Crippen LogP) is 2.02. The second-order valence-electron chi connectivity index (χ2n) is 2.75. The molecule has 0 bridgehead atoms. The highest BCUT2D eigenvalue weighted by atomic mass is 127. The Kier molecular flexibility index (Phi) is 4.59. The first-order valence-electron chi connectivity index (χ1n) is 3.91. The topological polar surface area (TPSA) is 66.8 Å². The van der Waals surface area contributed by atoms with Gasteiger partial charge < -0.3 is 14.9 Å². The maximum atomic E-state index is 10.7. The number of benzene rings is 1. The number of ether oxygens (including phenoxy) is 1. The molecule has 1 atom stereocenters. The second kappa shape index (κ2) is 5.30. The Morgan fingerprint density at radius 1 is 1.40 bits per heavy atom. The number of aliphatic carboxylic acids is 1. The molecule has 0 heterocycles. The summed E-state index contributed by atoms with van der Waals surface area (Å²) < 4.78 is 6.85. The predicted molar refractivity (Wildman–Crippen MR) is 71.0 cm³/mol. The summed E-state index contributed by atoms with van der Waals surface area (Å²) in [6, 6.07) is 3.31. The van der Waals surface area contributed by atoms with E-state index in [1.807, 2.05) is 0 Å². The lowest BCUT2D eigenvalue weighted by atomic mass is 10.1. The summed E-state index contributed by atoms with van der Waals surface area (Å²) in [7, 11) is 1.44. The zero-order chi connectivity index (χ0) is 11.6. The van der Waals surface area contributed by atoms with Crippen molar-refractivity contribution in [3.05, 3.63) is 24.8 Å². The summed E-state index contributed by atoms with van der Waals surface area (Å²) in [5.74, 6) is -0.903. The molecular formula is C9H8I2O4. The molecule has 6 heteroatoms. The fourth-order valence-electron chi connectivity index (χ4n) is 1.07. The number of halogens is 2. The van der Waals surface area contributed by atoms with Gasteiger partial charge in [-0.05, 0) is 57.3 Å². The summed E-state index contributed by atoms with van der Waals surface area (Å²) in [6.07, 6.45) is -1.55. The first-order chi connectivity index (χ1) is 6.97. The molecule has 0 aromatic heterocycles. The van der Waals surface area contributed by atoms with Crippen LogP contribution in [0, 0.1) is 7.14 Å². The molecule has 4 nitrogen and oxygen atoms in total. The minimum absolute atomic E-state index is 0.273. The van der Waals surface area contributed by atoms with Gasteiger partial charge in [0.25, 0.3) is 0 Å². The van der Waals surface area contributed by atoms with Gasteiger partial charge in [-0.1, -0.05) is 0 Å². The Balaban J connectivity index is 3.27. The fourth-order valence-corrected chi connectivity index (χ4v) is 2.00. The van der Waals surface area contributed by atoms with Crippen LogP contribution in [-0.2, 0) is 4.79 Å². The Hall–Kier alpha value is -0.0900. The molecule has 0 radical (unpaired) electrons. The van der Waals surface area contributed by atoms with Gasteiger partial charge in [-0.3, -0.25) is 0 Å². The monoisotopic (exact) mass is 434 g/mol. The standard InChI is InChI=1S/C9H8I2O4/c1-15-7-3-6(11)5(10)2-4(7)8(12)9(13)14/h2-3,8,12H,1H3,(H,13,14). The molecule has 1 aromatic carbocycles. The van der Waals surface area contributed by atoms with E-state index in [1.165, 1.54) is 7.11 Å². The third kappa shape index (κ3) is 2.94. The molecule has 0 aliphatic carbocycles. The van der Waals surface area contributed by atoms with E-state index in [0.717, 1.165) is 7.14 Å². The number of carboxylic acid groups (broad SMARTS) is 1. The van der Waals surface area contributed by atoms with Gasteiger partial charge in [-0.2, -0.15) is 0 Å². The number of aliphatic hydroxyl groups is 1. The molecule has 0 aliphatic rings. The largest absolute Gasteiger partial charge is 0.496 e. The van der Waals surface area contributed by atoms with Gasteiger partial charge in [0.05, 0.1) is 7.11 Å². The molecule has 1 aromatic rings. The Bertz CT molecular complexity index is 392. The summed E-state index contributed by atoms with van der Waals surface area (Å²) in [4.78, 5) is 10.7. The van der Waals surface area contributed by atoms with Crippen LogP contribution < -0.4 is 4.74 Å². The number of carboxylic acids is 1. The Morgan fingerprint density at radius 2 is 1.93 bits per heavy atom. The van der Waals surface area contributed by atoms with Crippen LogP contribution in [0.3, 0.4) is 0 Å². The van der Waals surface area contributed by atoms with Crippen molar-refractivity contribution in [3.63, 3.8) is 0 Å². The van der Waals surface area contributed by atoms with Gasteiger partial charge in [0, 0.05) is 12.7 Å². The quantitative estimate of drug-likeness (QED) is 0.716. The summed E-state index contributed by atoms with van der Waals surface area (Å²) in [6.45, 7) is 0. The third-order valence-electron chi connectivity index (χ3n) is 1.80. The maximum absolute atomic E-state index is 10.7. The van der Waals surface area contributed by atoms with Crippen LogP contribution in [0.5, 0.6) is 5.75 Å². The molecule has 0 fully saturated rings. The first-order valence-corrected chi connectivity index (χ1v) is 6.07. The molecule has 0 saturated carbocycles. The lowest BCUT2D eigenvalue weighted by Gasteiger charge is -2.12. The third-order valence-corrected chi connectivity index (χ3v) is 4.62. The van der Waals surface area contributed by atoms with Gasteiger partial charge in [0.15, 0.2) is 6.10 Å².